The summed E-state index contributed by atoms with van der Waals surface area (Å²) in [6.07, 6.45) is 11.9. The largest absolute Gasteiger partial charge is 0.488 e. The van der Waals surface area contributed by atoms with Gasteiger partial charge in [-0.3, -0.25) is 5.43 Å². The number of ether oxygens (including phenoxy) is 1. The Morgan fingerprint density at radius 1 is 1.42 bits per heavy atom. The van der Waals surface area contributed by atoms with Crippen LogP contribution in [0, 0.1) is 0 Å². The van der Waals surface area contributed by atoms with Crippen molar-refractivity contribution in [2.24, 2.45) is 10.8 Å². The molecule has 4 nitrogen and oxygen atoms in total. The van der Waals surface area contributed by atoms with Crippen molar-refractivity contribution in [2.75, 3.05) is 6.61 Å². The summed E-state index contributed by atoms with van der Waals surface area (Å²) >= 11 is 5.99. The summed E-state index contributed by atoms with van der Waals surface area (Å²) in [6.45, 7) is 0.531. The lowest BCUT2D eigenvalue weighted by Gasteiger charge is -2.19. The lowest BCUT2D eigenvalue weighted by molar-refractivity contribution is 0.249. The highest BCUT2D eigenvalue weighted by Crippen LogP contribution is 2.25. The SMILES string of the molecule is NC1=NNC2CC=CC(OCC3=CCC(Cl)C=C3)=C12. The number of alkyl halides is 1. The molecular formula is C14H16ClN3O. The monoisotopic (exact) mass is 277 g/mol. The highest BCUT2D eigenvalue weighted by atomic mass is 35.5. The van der Waals surface area contributed by atoms with Crippen LogP contribution in [0.25, 0.3) is 0 Å². The molecule has 2 aliphatic carbocycles. The molecule has 0 spiro atoms. The Balaban J connectivity index is 1.70. The molecule has 0 aromatic heterocycles. The molecule has 19 heavy (non-hydrogen) atoms. The van der Waals surface area contributed by atoms with Gasteiger partial charge in [0.05, 0.1) is 17.0 Å². The van der Waals surface area contributed by atoms with Crippen LogP contribution in [-0.4, -0.2) is 23.9 Å². The van der Waals surface area contributed by atoms with Gasteiger partial charge in [0.25, 0.3) is 0 Å². The highest BCUT2D eigenvalue weighted by Gasteiger charge is 2.28. The fourth-order valence-electron chi connectivity index (χ4n) is 2.35. The van der Waals surface area contributed by atoms with Crippen molar-refractivity contribution < 1.29 is 4.74 Å². The number of nitrogens with two attached hydrogens (primary N) is 1. The predicted molar refractivity (Wildman–Crippen MR) is 76.8 cm³/mol. The summed E-state index contributed by atoms with van der Waals surface area (Å²) in [6, 6.07) is 0.156. The Morgan fingerprint density at radius 2 is 2.32 bits per heavy atom. The third-order valence-corrected chi connectivity index (χ3v) is 3.71. The minimum Gasteiger partial charge on any atom is -0.488 e. The molecule has 1 aliphatic heterocycles. The number of halogens is 1. The molecule has 0 aromatic rings. The third-order valence-electron chi connectivity index (χ3n) is 3.39. The van der Waals surface area contributed by atoms with Crippen LogP contribution < -0.4 is 11.2 Å². The van der Waals surface area contributed by atoms with E-state index in [1.165, 1.54) is 0 Å². The molecule has 2 unspecified atom stereocenters. The molecule has 3 rings (SSSR count). The minimum atomic E-state index is 0.103. The van der Waals surface area contributed by atoms with Crippen LogP contribution in [0.2, 0.25) is 0 Å². The molecule has 3 N–H and O–H groups in total. The average Bonchev–Trinajstić information content (AvgIpc) is 2.81. The van der Waals surface area contributed by atoms with Crippen LogP contribution in [0.4, 0.5) is 0 Å². The number of amidine groups is 1. The molecule has 100 valence electrons. The Morgan fingerprint density at radius 3 is 3.11 bits per heavy atom. The summed E-state index contributed by atoms with van der Waals surface area (Å²) in [4.78, 5) is 0. The van der Waals surface area contributed by atoms with Gasteiger partial charge >= 0.3 is 0 Å². The molecule has 1 heterocycles. The van der Waals surface area contributed by atoms with Crippen molar-refractivity contribution in [3.8, 4) is 0 Å². The van der Waals surface area contributed by atoms with Gasteiger partial charge in [-0.15, -0.1) is 11.6 Å². The molecule has 0 bridgehead atoms. The fourth-order valence-corrected chi connectivity index (χ4v) is 2.51. The second-order valence-electron chi connectivity index (χ2n) is 4.77. The predicted octanol–water partition coefficient (Wildman–Crippen LogP) is 1.95. The van der Waals surface area contributed by atoms with Gasteiger partial charge in [-0.25, -0.2) is 0 Å². The number of rotatable bonds is 3. The van der Waals surface area contributed by atoms with Crippen LogP contribution in [0.15, 0.2) is 52.4 Å². The molecule has 0 amide bonds. The molecule has 3 aliphatic rings. The van der Waals surface area contributed by atoms with E-state index < -0.39 is 0 Å². The average molecular weight is 278 g/mol. The maximum atomic E-state index is 5.99. The number of allylic oxidation sites excluding steroid dienone is 3. The van der Waals surface area contributed by atoms with E-state index in [-0.39, 0.29) is 11.4 Å². The second kappa shape index (κ2) is 5.13. The zero-order valence-electron chi connectivity index (χ0n) is 10.5. The molecule has 0 saturated carbocycles. The maximum absolute atomic E-state index is 5.99. The molecule has 2 atom stereocenters. The van der Waals surface area contributed by atoms with Gasteiger partial charge < -0.3 is 10.5 Å². The Bertz CT molecular complexity index is 531. The Kier molecular flexibility index (Phi) is 3.34. The van der Waals surface area contributed by atoms with Crippen molar-refractivity contribution in [3.63, 3.8) is 0 Å². The Hall–Kier alpha value is -1.68. The number of nitrogens with zero attached hydrogens (tertiary/aromatic N) is 1. The molecule has 0 fully saturated rings. The number of hydrogen-bond acceptors (Lipinski definition) is 4. The zero-order valence-corrected chi connectivity index (χ0v) is 11.2. The van der Waals surface area contributed by atoms with Crippen LogP contribution in [0.1, 0.15) is 12.8 Å². The van der Waals surface area contributed by atoms with Gasteiger partial charge in [0.1, 0.15) is 12.4 Å². The summed E-state index contributed by atoms with van der Waals surface area (Å²) in [5, 5.41) is 4.16. The third kappa shape index (κ3) is 2.54. The summed E-state index contributed by atoms with van der Waals surface area (Å²) < 4.78 is 5.87. The normalized spacial score (nSPS) is 28.7. The lowest BCUT2D eigenvalue weighted by atomic mass is 9.98. The summed E-state index contributed by atoms with van der Waals surface area (Å²) in [5.41, 5.74) is 11.0. The van der Waals surface area contributed by atoms with Crippen molar-refractivity contribution in [2.45, 2.75) is 24.3 Å². The number of hydrogen-bond donors (Lipinski definition) is 2. The highest BCUT2D eigenvalue weighted by molar-refractivity contribution is 6.22. The number of fused-ring (bicyclic) bond motifs is 1. The number of nitrogens with one attached hydrogen (secondary N) is 1. The van der Waals surface area contributed by atoms with E-state index in [2.05, 4.69) is 22.7 Å². The van der Waals surface area contributed by atoms with E-state index in [0.717, 1.165) is 29.7 Å². The lowest BCUT2D eigenvalue weighted by Crippen LogP contribution is -2.27. The molecule has 5 heteroatoms. The standard InChI is InChI=1S/C14H16ClN3O/c15-10-6-4-9(5-7-10)8-19-12-3-1-2-11-13(12)14(16)18-17-11/h1,3-6,10-11,17H,2,7-8H2,(H2,16,18). The van der Waals surface area contributed by atoms with Crippen LogP contribution in [0.5, 0.6) is 0 Å². The first kappa shape index (κ1) is 12.4. The van der Waals surface area contributed by atoms with E-state index in [0.29, 0.717) is 12.4 Å². The zero-order chi connectivity index (χ0) is 13.2. The van der Waals surface area contributed by atoms with E-state index in [9.17, 15) is 0 Å². The minimum absolute atomic E-state index is 0.103. The van der Waals surface area contributed by atoms with Crippen molar-refractivity contribution in [1.82, 2.24) is 5.43 Å². The first-order chi connectivity index (χ1) is 9.24. The van der Waals surface area contributed by atoms with E-state index in [4.69, 9.17) is 22.1 Å². The van der Waals surface area contributed by atoms with Gasteiger partial charge in [0, 0.05) is 0 Å². The molecule has 0 saturated heterocycles. The fraction of sp³-hybridized carbons (Fsp3) is 0.357. The second-order valence-corrected chi connectivity index (χ2v) is 5.33. The first-order valence-electron chi connectivity index (χ1n) is 6.38. The van der Waals surface area contributed by atoms with Crippen molar-refractivity contribution >= 4 is 17.4 Å². The van der Waals surface area contributed by atoms with Gasteiger partial charge in [-0.2, -0.15) is 5.10 Å². The maximum Gasteiger partial charge on any atom is 0.152 e. The molecule has 0 aromatic carbocycles. The van der Waals surface area contributed by atoms with E-state index in [1.54, 1.807) is 0 Å². The van der Waals surface area contributed by atoms with Gasteiger partial charge in [0.2, 0.25) is 0 Å². The van der Waals surface area contributed by atoms with Crippen LogP contribution >= 0.6 is 11.6 Å². The van der Waals surface area contributed by atoms with Crippen molar-refractivity contribution in [3.05, 3.63) is 47.3 Å². The molecule has 0 radical (unpaired) electrons. The Labute approximate surface area is 117 Å². The van der Waals surface area contributed by atoms with Gasteiger partial charge in [-0.1, -0.05) is 24.3 Å². The molecular weight excluding hydrogens is 262 g/mol. The quantitative estimate of drug-likeness (QED) is 0.775. The van der Waals surface area contributed by atoms with Crippen molar-refractivity contribution in [1.29, 1.82) is 0 Å². The van der Waals surface area contributed by atoms with E-state index in [1.807, 2.05) is 18.2 Å². The van der Waals surface area contributed by atoms with Crippen LogP contribution in [-0.2, 0) is 4.74 Å². The number of hydrazone groups is 1. The topological polar surface area (TPSA) is 59.6 Å². The van der Waals surface area contributed by atoms with Gasteiger partial charge in [-0.05, 0) is 24.5 Å². The van der Waals surface area contributed by atoms with Gasteiger partial charge in [0.15, 0.2) is 5.84 Å². The van der Waals surface area contributed by atoms with E-state index >= 15 is 0 Å². The smallest absolute Gasteiger partial charge is 0.152 e. The summed E-state index contributed by atoms with van der Waals surface area (Å²) in [5.74, 6) is 1.34. The van der Waals surface area contributed by atoms with Crippen LogP contribution in [0.3, 0.4) is 0 Å². The summed E-state index contributed by atoms with van der Waals surface area (Å²) in [7, 11) is 0. The first-order valence-corrected chi connectivity index (χ1v) is 6.81.